The molecule has 1 unspecified atom stereocenters. The van der Waals surface area contributed by atoms with Gasteiger partial charge in [-0.25, -0.2) is 4.98 Å². The first-order valence-corrected chi connectivity index (χ1v) is 9.35. The van der Waals surface area contributed by atoms with Crippen LogP contribution in [0, 0.1) is 0 Å². The standard InChI is InChI=1S/C23H20N4O2/c1-16(25-19-9-7-18(8-10-19)23-14-24-15-29-23)22(28)13-20-11-12-21(27-26-20)17-5-3-2-4-6-17/h2-12,14-16,25H,13H2,1H3. The number of nitrogens with zero attached hydrogens (tertiary/aromatic N) is 3. The van der Waals surface area contributed by atoms with Crippen LogP contribution in [0.4, 0.5) is 5.69 Å². The highest BCUT2D eigenvalue weighted by Crippen LogP contribution is 2.21. The van der Waals surface area contributed by atoms with Gasteiger partial charge >= 0.3 is 0 Å². The molecule has 0 saturated heterocycles. The minimum Gasteiger partial charge on any atom is -0.444 e. The third-order valence-electron chi connectivity index (χ3n) is 4.61. The SMILES string of the molecule is CC(Nc1ccc(-c2cnco2)cc1)C(=O)Cc1ccc(-c2ccccc2)nn1. The van der Waals surface area contributed by atoms with E-state index in [0.717, 1.165) is 22.5 Å². The molecule has 6 heteroatoms. The van der Waals surface area contributed by atoms with Crippen molar-refractivity contribution in [3.05, 3.63) is 85.0 Å². The second-order valence-electron chi connectivity index (χ2n) is 6.73. The van der Waals surface area contributed by atoms with Gasteiger partial charge in [0.05, 0.1) is 30.0 Å². The minimum atomic E-state index is -0.346. The zero-order chi connectivity index (χ0) is 20.1. The molecule has 0 saturated carbocycles. The maximum absolute atomic E-state index is 12.6. The molecule has 1 N–H and O–H groups in total. The van der Waals surface area contributed by atoms with Gasteiger partial charge in [0.15, 0.2) is 17.9 Å². The largest absolute Gasteiger partial charge is 0.444 e. The Balaban J connectivity index is 1.36. The number of aromatic nitrogens is 3. The third-order valence-corrected chi connectivity index (χ3v) is 4.61. The van der Waals surface area contributed by atoms with Crippen LogP contribution in [0.25, 0.3) is 22.6 Å². The number of hydrogen-bond donors (Lipinski definition) is 1. The van der Waals surface area contributed by atoms with E-state index in [-0.39, 0.29) is 18.2 Å². The average Bonchev–Trinajstić information content (AvgIpc) is 3.30. The number of Topliss-reactive ketones (excluding diaryl/α,β-unsaturated/α-hetero) is 1. The van der Waals surface area contributed by atoms with Crippen molar-refractivity contribution in [1.82, 2.24) is 15.2 Å². The molecular formula is C23H20N4O2. The molecule has 0 fully saturated rings. The van der Waals surface area contributed by atoms with Crippen LogP contribution in [0.15, 0.2) is 83.7 Å². The molecule has 144 valence electrons. The zero-order valence-electron chi connectivity index (χ0n) is 15.9. The van der Waals surface area contributed by atoms with Crippen molar-refractivity contribution >= 4 is 11.5 Å². The predicted octanol–water partition coefficient (Wildman–Crippen LogP) is 4.41. The highest BCUT2D eigenvalue weighted by atomic mass is 16.3. The van der Waals surface area contributed by atoms with Gasteiger partial charge < -0.3 is 9.73 Å². The molecule has 0 spiro atoms. The van der Waals surface area contributed by atoms with Crippen molar-refractivity contribution in [3.8, 4) is 22.6 Å². The molecule has 0 aliphatic carbocycles. The summed E-state index contributed by atoms with van der Waals surface area (Å²) in [5, 5.41) is 11.7. The van der Waals surface area contributed by atoms with E-state index in [2.05, 4.69) is 20.5 Å². The number of oxazole rings is 1. The fraction of sp³-hybridized carbons (Fsp3) is 0.130. The van der Waals surface area contributed by atoms with Crippen LogP contribution in [0.3, 0.4) is 0 Å². The van der Waals surface area contributed by atoms with Gasteiger partial charge in [0, 0.05) is 16.8 Å². The van der Waals surface area contributed by atoms with Crippen LogP contribution in [0.2, 0.25) is 0 Å². The van der Waals surface area contributed by atoms with Gasteiger partial charge in [-0.15, -0.1) is 0 Å². The molecule has 0 aliphatic rings. The summed E-state index contributed by atoms with van der Waals surface area (Å²) < 4.78 is 5.28. The summed E-state index contributed by atoms with van der Waals surface area (Å²) in [5.41, 5.74) is 4.24. The van der Waals surface area contributed by atoms with Crippen molar-refractivity contribution in [2.45, 2.75) is 19.4 Å². The molecule has 4 rings (SSSR count). The van der Waals surface area contributed by atoms with Gasteiger partial charge in [-0.3, -0.25) is 4.79 Å². The first kappa shape index (κ1) is 18.6. The molecule has 0 radical (unpaired) electrons. The molecule has 0 aliphatic heterocycles. The van der Waals surface area contributed by atoms with E-state index in [1.807, 2.05) is 73.7 Å². The lowest BCUT2D eigenvalue weighted by Gasteiger charge is -2.14. The molecule has 4 aromatic rings. The Bertz CT molecular complexity index is 1060. The highest BCUT2D eigenvalue weighted by Gasteiger charge is 2.15. The van der Waals surface area contributed by atoms with Gasteiger partial charge in [-0.2, -0.15) is 10.2 Å². The van der Waals surface area contributed by atoms with E-state index in [0.29, 0.717) is 11.5 Å². The summed E-state index contributed by atoms with van der Waals surface area (Å²) in [4.78, 5) is 16.5. The highest BCUT2D eigenvalue weighted by molar-refractivity contribution is 5.88. The first-order chi connectivity index (χ1) is 14.2. The van der Waals surface area contributed by atoms with Gasteiger partial charge in [0.2, 0.25) is 0 Å². The fourth-order valence-electron chi connectivity index (χ4n) is 2.97. The molecule has 0 bridgehead atoms. The summed E-state index contributed by atoms with van der Waals surface area (Å²) in [6.07, 6.45) is 3.29. The summed E-state index contributed by atoms with van der Waals surface area (Å²) >= 11 is 0. The number of carbonyl (C=O) groups excluding carboxylic acids is 1. The van der Waals surface area contributed by atoms with Gasteiger partial charge in [0.25, 0.3) is 0 Å². The Morgan fingerprint density at radius 2 is 1.76 bits per heavy atom. The summed E-state index contributed by atoms with van der Waals surface area (Å²) in [6.45, 7) is 1.85. The van der Waals surface area contributed by atoms with Crippen molar-refractivity contribution in [1.29, 1.82) is 0 Å². The maximum Gasteiger partial charge on any atom is 0.181 e. The van der Waals surface area contributed by atoms with E-state index in [1.54, 1.807) is 6.20 Å². The van der Waals surface area contributed by atoms with Gasteiger partial charge in [-0.1, -0.05) is 30.3 Å². The van der Waals surface area contributed by atoms with Crippen molar-refractivity contribution < 1.29 is 9.21 Å². The molecule has 2 aromatic heterocycles. The minimum absolute atomic E-state index is 0.0473. The molecular weight excluding hydrogens is 364 g/mol. The van der Waals surface area contributed by atoms with Crippen LogP contribution in [-0.2, 0) is 11.2 Å². The number of carbonyl (C=O) groups is 1. The Morgan fingerprint density at radius 1 is 0.966 bits per heavy atom. The van der Waals surface area contributed by atoms with Crippen LogP contribution >= 0.6 is 0 Å². The molecule has 1 atom stereocenters. The number of hydrogen-bond acceptors (Lipinski definition) is 6. The van der Waals surface area contributed by atoms with Crippen LogP contribution in [0.5, 0.6) is 0 Å². The molecule has 29 heavy (non-hydrogen) atoms. The van der Waals surface area contributed by atoms with E-state index in [4.69, 9.17) is 4.42 Å². The van der Waals surface area contributed by atoms with Crippen LogP contribution < -0.4 is 5.32 Å². The summed E-state index contributed by atoms with van der Waals surface area (Å²) in [5.74, 6) is 0.754. The molecule has 2 heterocycles. The van der Waals surface area contributed by atoms with Crippen molar-refractivity contribution in [3.63, 3.8) is 0 Å². The third kappa shape index (κ3) is 4.55. The number of benzene rings is 2. The lowest BCUT2D eigenvalue weighted by Crippen LogP contribution is -2.27. The van der Waals surface area contributed by atoms with Crippen molar-refractivity contribution in [2.75, 3.05) is 5.32 Å². The zero-order valence-corrected chi connectivity index (χ0v) is 15.9. The molecule has 2 aromatic carbocycles. The quantitative estimate of drug-likeness (QED) is 0.508. The van der Waals surface area contributed by atoms with Crippen LogP contribution in [-0.4, -0.2) is 27.0 Å². The van der Waals surface area contributed by atoms with Crippen molar-refractivity contribution in [2.24, 2.45) is 0 Å². The Labute approximate surface area is 168 Å². The summed E-state index contributed by atoms with van der Waals surface area (Å²) in [7, 11) is 0. The van der Waals surface area contributed by atoms with Crippen LogP contribution in [0.1, 0.15) is 12.6 Å². The lowest BCUT2D eigenvalue weighted by atomic mass is 10.1. The van der Waals surface area contributed by atoms with Gasteiger partial charge in [0.1, 0.15) is 0 Å². The van der Waals surface area contributed by atoms with E-state index in [1.165, 1.54) is 6.39 Å². The average molecular weight is 384 g/mol. The van der Waals surface area contributed by atoms with E-state index in [9.17, 15) is 4.79 Å². The second kappa shape index (κ2) is 8.48. The van der Waals surface area contributed by atoms with E-state index >= 15 is 0 Å². The monoisotopic (exact) mass is 384 g/mol. The number of ketones is 1. The molecule has 0 amide bonds. The Morgan fingerprint density at radius 3 is 2.41 bits per heavy atom. The topological polar surface area (TPSA) is 80.9 Å². The lowest BCUT2D eigenvalue weighted by molar-refractivity contribution is -0.118. The summed E-state index contributed by atoms with van der Waals surface area (Å²) in [6, 6.07) is 20.9. The number of rotatable bonds is 7. The Kier molecular flexibility index (Phi) is 5.42. The van der Waals surface area contributed by atoms with E-state index < -0.39 is 0 Å². The number of nitrogens with one attached hydrogen (secondary N) is 1. The normalized spacial score (nSPS) is 11.8. The number of anilines is 1. The second-order valence-corrected chi connectivity index (χ2v) is 6.73. The predicted molar refractivity (Wildman–Crippen MR) is 111 cm³/mol. The Hall–Kier alpha value is -3.80. The van der Waals surface area contributed by atoms with Gasteiger partial charge in [-0.05, 0) is 43.3 Å². The fourth-order valence-corrected chi connectivity index (χ4v) is 2.97. The first-order valence-electron chi connectivity index (χ1n) is 9.35. The smallest absolute Gasteiger partial charge is 0.181 e. The molecule has 6 nitrogen and oxygen atoms in total. The maximum atomic E-state index is 12.6.